The summed E-state index contributed by atoms with van der Waals surface area (Å²) in [5.74, 6) is 0.430. The quantitative estimate of drug-likeness (QED) is 0.362. The second-order valence-corrected chi connectivity index (χ2v) is 9.69. The van der Waals surface area contributed by atoms with Crippen molar-refractivity contribution in [3.05, 3.63) is 72.4 Å². The Morgan fingerprint density at radius 3 is 2.79 bits per heavy atom. The predicted octanol–water partition coefficient (Wildman–Crippen LogP) is 4.08. The van der Waals surface area contributed by atoms with Gasteiger partial charge in [-0.3, -0.25) is 14.5 Å². The first kappa shape index (κ1) is 23.6. The molecule has 190 valence electrons. The molecule has 11 nitrogen and oxygen atoms in total. The fraction of sp³-hybridized carbons (Fsp3) is 0.154. The molecule has 0 bridgehead atoms. The van der Waals surface area contributed by atoms with Gasteiger partial charge in [-0.25, -0.2) is 9.78 Å². The molecule has 12 heteroatoms. The Labute approximate surface area is 220 Å². The van der Waals surface area contributed by atoms with Crippen molar-refractivity contribution in [1.29, 1.82) is 0 Å². The van der Waals surface area contributed by atoms with Gasteiger partial charge in [0.1, 0.15) is 15.5 Å². The zero-order valence-electron chi connectivity index (χ0n) is 20.0. The summed E-state index contributed by atoms with van der Waals surface area (Å²) in [6.45, 7) is 4.48. The summed E-state index contributed by atoms with van der Waals surface area (Å²) >= 11 is 1.21. The van der Waals surface area contributed by atoms with Crippen LogP contribution in [0.5, 0.6) is 11.6 Å². The lowest BCUT2D eigenvalue weighted by Gasteiger charge is -2.28. The van der Waals surface area contributed by atoms with Gasteiger partial charge in [0.2, 0.25) is 11.8 Å². The van der Waals surface area contributed by atoms with Gasteiger partial charge in [-0.2, -0.15) is 5.10 Å². The molecule has 1 unspecified atom stereocenters. The Hall–Kier alpha value is -4.84. The van der Waals surface area contributed by atoms with E-state index in [9.17, 15) is 14.4 Å². The minimum atomic E-state index is -0.399. The number of amides is 4. The van der Waals surface area contributed by atoms with Crippen LogP contribution in [0.3, 0.4) is 0 Å². The van der Waals surface area contributed by atoms with Crippen molar-refractivity contribution < 1.29 is 19.1 Å². The highest BCUT2D eigenvalue weighted by Crippen LogP contribution is 2.45. The molecule has 38 heavy (non-hydrogen) atoms. The minimum absolute atomic E-state index is 0.159. The van der Waals surface area contributed by atoms with Crippen LogP contribution >= 0.6 is 11.3 Å². The first-order valence-electron chi connectivity index (χ1n) is 11.8. The van der Waals surface area contributed by atoms with Gasteiger partial charge < -0.3 is 20.3 Å². The summed E-state index contributed by atoms with van der Waals surface area (Å²) in [7, 11) is 0. The topological polar surface area (TPSA) is 130 Å². The molecule has 2 aliphatic rings. The average molecular weight is 528 g/mol. The Morgan fingerprint density at radius 1 is 1.18 bits per heavy atom. The van der Waals surface area contributed by atoms with Crippen LogP contribution in [0.4, 0.5) is 21.9 Å². The fourth-order valence-electron chi connectivity index (χ4n) is 4.58. The van der Waals surface area contributed by atoms with Crippen molar-refractivity contribution in [2.75, 3.05) is 23.3 Å². The van der Waals surface area contributed by atoms with Gasteiger partial charge in [0, 0.05) is 37.6 Å². The number of urea groups is 1. The van der Waals surface area contributed by atoms with Gasteiger partial charge in [-0.05, 0) is 48.9 Å². The number of pyridine rings is 1. The molecule has 1 saturated heterocycles. The van der Waals surface area contributed by atoms with Gasteiger partial charge >= 0.3 is 6.03 Å². The maximum Gasteiger partial charge on any atom is 0.331 e. The van der Waals surface area contributed by atoms with Crippen molar-refractivity contribution in [2.45, 2.75) is 12.5 Å². The third-order valence-corrected chi connectivity index (χ3v) is 7.42. The molecule has 0 radical (unpaired) electrons. The van der Waals surface area contributed by atoms with Gasteiger partial charge in [-0.15, -0.1) is 16.4 Å². The highest BCUT2D eigenvalue weighted by Gasteiger charge is 2.34. The Kier molecular flexibility index (Phi) is 5.92. The standard InChI is InChI=1S/C26H21N7O4S/c1-2-20(34)32-13-10-15(14-32)29-24(35)23-22-21-18(9-12-27-25(21)38-23)33(26(36)30-22)16-5-7-17(8-6-16)37-19-4-3-11-28-31-19/h2-9,11-12,15H,1,10,13-14H2,(H,29,35)(H,30,36). The number of hydrogen-bond donors (Lipinski definition) is 2. The fourth-order valence-corrected chi connectivity index (χ4v) is 5.61. The number of carbonyl (C=O) groups excluding carboxylic acids is 3. The van der Waals surface area contributed by atoms with E-state index < -0.39 is 6.03 Å². The Bertz CT molecular complexity index is 1570. The van der Waals surface area contributed by atoms with E-state index in [1.165, 1.54) is 22.3 Å². The zero-order valence-corrected chi connectivity index (χ0v) is 20.8. The van der Waals surface area contributed by atoms with Crippen LogP contribution in [0.15, 0.2) is 67.5 Å². The van der Waals surface area contributed by atoms with E-state index in [4.69, 9.17) is 4.74 Å². The van der Waals surface area contributed by atoms with Gasteiger partial charge in [-0.1, -0.05) is 6.58 Å². The second kappa shape index (κ2) is 9.56. The van der Waals surface area contributed by atoms with Crippen LogP contribution in [0.25, 0.3) is 10.2 Å². The number of likely N-dealkylation sites (tertiary alicyclic amines) is 1. The number of nitrogens with zero attached hydrogens (tertiary/aromatic N) is 5. The van der Waals surface area contributed by atoms with E-state index in [0.29, 0.717) is 63.3 Å². The molecule has 1 atom stereocenters. The lowest BCUT2D eigenvalue weighted by molar-refractivity contribution is -0.125. The number of anilines is 3. The van der Waals surface area contributed by atoms with Crippen molar-refractivity contribution in [1.82, 2.24) is 25.4 Å². The van der Waals surface area contributed by atoms with E-state index in [1.54, 1.807) is 59.8 Å². The van der Waals surface area contributed by atoms with Gasteiger partial charge in [0.05, 0.1) is 22.4 Å². The molecule has 0 saturated carbocycles. The molecule has 2 N–H and O–H groups in total. The van der Waals surface area contributed by atoms with Gasteiger partial charge in [0.15, 0.2) is 0 Å². The molecule has 1 fully saturated rings. The van der Waals surface area contributed by atoms with Crippen molar-refractivity contribution in [2.24, 2.45) is 0 Å². The number of carbonyl (C=O) groups is 3. The summed E-state index contributed by atoms with van der Waals surface area (Å²) in [4.78, 5) is 47.1. The van der Waals surface area contributed by atoms with Gasteiger partial charge in [0.25, 0.3) is 5.91 Å². The maximum atomic E-state index is 13.3. The Morgan fingerprint density at radius 2 is 2.03 bits per heavy atom. The lowest BCUT2D eigenvalue weighted by atomic mass is 10.1. The summed E-state index contributed by atoms with van der Waals surface area (Å²) in [6.07, 6.45) is 5.09. The number of hydrogen-bond acceptors (Lipinski definition) is 8. The average Bonchev–Trinajstić information content (AvgIpc) is 3.55. The number of nitrogens with one attached hydrogen (secondary N) is 2. The summed E-state index contributed by atoms with van der Waals surface area (Å²) < 4.78 is 5.70. The molecule has 5 heterocycles. The second-order valence-electron chi connectivity index (χ2n) is 8.69. The summed E-state index contributed by atoms with van der Waals surface area (Å²) in [5, 5.41) is 14.3. The molecule has 1 aromatic carbocycles. The van der Waals surface area contributed by atoms with Crippen molar-refractivity contribution >= 4 is 56.5 Å². The Balaban J connectivity index is 1.27. The van der Waals surface area contributed by atoms with Crippen LogP contribution in [-0.2, 0) is 4.79 Å². The number of rotatable bonds is 6. The monoisotopic (exact) mass is 527 g/mol. The molecular formula is C26H21N7O4S. The van der Waals surface area contributed by atoms with E-state index in [0.717, 1.165) is 0 Å². The zero-order chi connectivity index (χ0) is 26.2. The molecule has 2 aliphatic heterocycles. The van der Waals surface area contributed by atoms with Crippen LogP contribution in [0.2, 0.25) is 0 Å². The normalized spacial score (nSPS) is 16.3. The van der Waals surface area contributed by atoms with E-state index in [2.05, 4.69) is 32.4 Å². The number of benzene rings is 1. The molecule has 3 aromatic heterocycles. The molecule has 4 amide bonds. The largest absolute Gasteiger partial charge is 0.438 e. The maximum absolute atomic E-state index is 13.3. The van der Waals surface area contributed by atoms with Crippen molar-refractivity contribution in [3.63, 3.8) is 0 Å². The third kappa shape index (κ3) is 4.20. The lowest BCUT2D eigenvalue weighted by Crippen LogP contribution is -2.39. The smallest absolute Gasteiger partial charge is 0.331 e. The van der Waals surface area contributed by atoms with E-state index in [1.807, 2.05) is 0 Å². The number of aromatic nitrogens is 3. The SMILES string of the molecule is C=CC(=O)N1CCC(NC(=O)c2sc3nccc4c3c2NC(=O)N4c2ccc(Oc3cccnn3)cc2)C1. The van der Waals surface area contributed by atoms with Crippen LogP contribution in [0.1, 0.15) is 16.1 Å². The molecule has 0 spiro atoms. The minimum Gasteiger partial charge on any atom is -0.438 e. The highest BCUT2D eigenvalue weighted by atomic mass is 32.1. The highest BCUT2D eigenvalue weighted by molar-refractivity contribution is 7.21. The summed E-state index contributed by atoms with van der Waals surface area (Å²) in [5.41, 5.74) is 1.67. The summed E-state index contributed by atoms with van der Waals surface area (Å²) in [6, 6.07) is 11.6. The van der Waals surface area contributed by atoms with E-state index >= 15 is 0 Å². The first-order chi connectivity index (χ1) is 18.5. The molecule has 0 aliphatic carbocycles. The van der Waals surface area contributed by atoms with Crippen LogP contribution < -0.4 is 20.3 Å². The molecule has 4 aromatic rings. The van der Waals surface area contributed by atoms with Crippen LogP contribution in [-0.4, -0.2) is 57.1 Å². The van der Waals surface area contributed by atoms with Crippen LogP contribution in [0, 0.1) is 0 Å². The van der Waals surface area contributed by atoms with E-state index in [-0.39, 0.29) is 17.9 Å². The third-order valence-electron chi connectivity index (χ3n) is 6.33. The number of thiophene rings is 1. The first-order valence-corrected chi connectivity index (χ1v) is 12.6. The predicted molar refractivity (Wildman–Crippen MR) is 142 cm³/mol. The molecular weight excluding hydrogens is 506 g/mol. The van der Waals surface area contributed by atoms with Crippen molar-refractivity contribution in [3.8, 4) is 11.6 Å². The number of ether oxygens (including phenoxy) is 1. The molecule has 6 rings (SSSR count).